The van der Waals surface area contributed by atoms with E-state index < -0.39 is 5.97 Å². The number of aromatic nitrogens is 3. The lowest BCUT2D eigenvalue weighted by molar-refractivity contribution is 0.0520. The number of nitrogens with two attached hydrogens (primary N) is 1. The number of fused-ring (bicyclic) bond motifs is 1. The molecule has 6 heteroatoms. The number of para-hydroxylation sites is 1. The van der Waals surface area contributed by atoms with E-state index in [1.807, 2.05) is 37.3 Å². The van der Waals surface area contributed by atoms with E-state index in [4.69, 9.17) is 10.5 Å². The van der Waals surface area contributed by atoms with Crippen LogP contribution < -0.4 is 5.73 Å². The van der Waals surface area contributed by atoms with Crippen molar-refractivity contribution in [1.82, 2.24) is 14.8 Å². The average Bonchev–Trinajstić information content (AvgIpc) is 2.86. The first-order chi connectivity index (χ1) is 10.6. The Labute approximate surface area is 127 Å². The Hall–Kier alpha value is -2.89. The Kier molecular flexibility index (Phi) is 3.50. The molecule has 0 amide bonds. The topological polar surface area (TPSA) is 83.0 Å². The molecule has 0 saturated heterocycles. The SMILES string of the molecule is CCOC(=O)c1cc(N)c2c(C)nn(-c3ccccc3)c2n1. The van der Waals surface area contributed by atoms with Gasteiger partial charge >= 0.3 is 5.97 Å². The number of pyridine rings is 1. The molecule has 6 nitrogen and oxygen atoms in total. The van der Waals surface area contributed by atoms with Gasteiger partial charge in [-0.2, -0.15) is 5.10 Å². The van der Waals surface area contributed by atoms with Crippen LogP contribution in [0.1, 0.15) is 23.1 Å². The molecule has 1 aromatic carbocycles. The van der Waals surface area contributed by atoms with Gasteiger partial charge in [0, 0.05) is 5.69 Å². The maximum atomic E-state index is 11.9. The molecule has 22 heavy (non-hydrogen) atoms. The third kappa shape index (κ3) is 2.28. The van der Waals surface area contributed by atoms with E-state index in [0.29, 0.717) is 11.3 Å². The van der Waals surface area contributed by atoms with E-state index in [9.17, 15) is 4.79 Å². The van der Waals surface area contributed by atoms with Crippen molar-refractivity contribution in [3.05, 3.63) is 47.8 Å². The number of carbonyl (C=O) groups excluding carboxylic acids is 1. The Morgan fingerprint density at radius 2 is 2.05 bits per heavy atom. The first kappa shape index (κ1) is 14.1. The number of carbonyl (C=O) groups is 1. The fraction of sp³-hybridized carbons (Fsp3) is 0.188. The molecule has 3 rings (SSSR count). The summed E-state index contributed by atoms with van der Waals surface area (Å²) in [5, 5.41) is 5.24. The predicted octanol–water partition coefficient (Wildman–Crippen LogP) is 2.49. The van der Waals surface area contributed by atoms with Gasteiger partial charge in [-0.05, 0) is 32.0 Å². The molecule has 0 aliphatic heterocycles. The highest BCUT2D eigenvalue weighted by atomic mass is 16.5. The summed E-state index contributed by atoms with van der Waals surface area (Å²) in [4.78, 5) is 16.3. The zero-order valence-electron chi connectivity index (χ0n) is 12.4. The van der Waals surface area contributed by atoms with E-state index in [-0.39, 0.29) is 12.3 Å². The van der Waals surface area contributed by atoms with Gasteiger partial charge in [-0.15, -0.1) is 0 Å². The Morgan fingerprint density at radius 1 is 1.32 bits per heavy atom. The zero-order chi connectivity index (χ0) is 15.7. The van der Waals surface area contributed by atoms with Gasteiger partial charge in [0.25, 0.3) is 0 Å². The van der Waals surface area contributed by atoms with Crippen molar-refractivity contribution in [3.63, 3.8) is 0 Å². The van der Waals surface area contributed by atoms with Crippen LogP contribution in [0.4, 0.5) is 5.69 Å². The molecule has 3 aromatic rings. The van der Waals surface area contributed by atoms with Crippen LogP contribution in [0.3, 0.4) is 0 Å². The summed E-state index contributed by atoms with van der Waals surface area (Å²) in [6.07, 6.45) is 0. The fourth-order valence-corrected chi connectivity index (χ4v) is 2.38. The highest BCUT2D eigenvalue weighted by Crippen LogP contribution is 2.26. The molecule has 0 aliphatic rings. The molecular formula is C16H16N4O2. The number of anilines is 1. The Balaban J connectivity index is 2.24. The van der Waals surface area contributed by atoms with Crippen LogP contribution in [-0.4, -0.2) is 27.3 Å². The minimum absolute atomic E-state index is 0.184. The average molecular weight is 296 g/mol. The van der Waals surface area contributed by atoms with E-state index >= 15 is 0 Å². The highest BCUT2D eigenvalue weighted by molar-refractivity contribution is 5.97. The van der Waals surface area contributed by atoms with Gasteiger partial charge in [0.15, 0.2) is 11.3 Å². The molecule has 0 radical (unpaired) electrons. The molecule has 112 valence electrons. The molecule has 0 bridgehead atoms. The standard InChI is InChI=1S/C16H16N4O2/c1-3-22-16(21)13-9-12(17)14-10(2)19-20(15(14)18-13)11-7-5-4-6-8-11/h4-9H,3H2,1-2H3,(H2,17,18). The lowest BCUT2D eigenvalue weighted by Crippen LogP contribution is -2.09. The van der Waals surface area contributed by atoms with Crippen molar-refractivity contribution in [3.8, 4) is 5.69 Å². The second-order valence-corrected chi connectivity index (χ2v) is 4.85. The third-order valence-electron chi connectivity index (χ3n) is 3.33. The van der Waals surface area contributed by atoms with Crippen LogP contribution in [0.2, 0.25) is 0 Å². The summed E-state index contributed by atoms with van der Waals surface area (Å²) in [6.45, 7) is 3.90. The summed E-state index contributed by atoms with van der Waals surface area (Å²) in [5.41, 5.74) is 8.90. The monoisotopic (exact) mass is 296 g/mol. The van der Waals surface area contributed by atoms with Gasteiger partial charge in [0.05, 0.1) is 23.4 Å². The van der Waals surface area contributed by atoms with Crippen LogP contribution in [0.25, 0.3) is 16.7 Å². The molecule has 0 unspecified atom stereocenters. The molecular weight excluding hydrogens is 280 g/mol. The van der Waals surface area contributed by atoms with Crippen LogP contribution in [-0.2, 0) is 4.74 Å². The molecule has 0 saturated carbocycles. The second-order valence-electron chi connectivity index (χ2n) is 4.85. The van der Waals surface area contributed by atoms with Gasteiger partial charge in [0.1, 0.15) is 0 Å². The summed E-state index contributed by atoms with van der Waals surface area (Å²) >= 11 is 0. The van der Waals surface area contributed by atoms with Crippen molar-refractivity contribution >= 4 is 22.7 Å². The number of hydrogen-bond acceptors (Lipinski definition) is 5. The largest absolute Gasteiger partial charge is 0.461 e. The number of aryl methyl sites for hydroxylation is 1. The third-order valence-corrected chi connectivity index (χ3v) is 3.33. The molecule has 2 N–H and O–H groups in total. The lowest BCUT2D eigenvalue weighted by Gasteiger charge is -2.06. The van der Waals surface area contributed by atoms with E-state index in [2.05, 4.69) is 10.1 Å². The number of nitrogen functional groups attached to an aromatic ring is 1. The van der Waals surface area contributed by atoms with Gasteiger partial charge in [-0.1, -0.05) is 18.2 Å². The van der Waals surface area contributed by atoms with Crippen molar-refractivity contribution in [1.29, 1.82) is 0 Å². The Bertz CT molecular complexity index is 840. The van der Waals surface area contributed by atoms with E-state index in [1.165, 1.54) is 6.07 Å². The number of esters is 1. The first-order valence-corrected chi connectivity index (χ1v) is 7.00. The number of hydrogen-bond donors (Lipinski definition) is 1. The molecule has 0 spiro atoms. The normalized spacial score (nSPS) is 10.8. The summed E-state index contributed by atoms with van der Waals surface area (Å²) < 4.78 is 6.68. The van der Waals surface area contributed by atoms with Crippen molar-refractivity contribution in [2.75, 3.05) is 12.3 Å². The summed E-state index contributed by atoms with van der Waals surface area (Å²) in [6, 6.07) is 11.1. The number of benzene rings is 1. The number of ether oxygens (including phenoxy) is 1. The first-order valence-electron chi connectivity index (χ1n) is 7.00. The molecule has 0 fully saturated rings. The molecule has 2 heterocycles. The number of nitrogens with zero attached hydrogens (tertiary/aromatic N) is 3. The van der Waals surface area contributed by atoms with Crippen molar-refractivity contribution < 1.29 is 9.53 Å². The van der Waals surface area contributed by atoms with E-state index in [1.54, 1.807) is 11.6 Å². The minimum Gasteiger partial charge on any atom is -0.461 e. The van der Waals surface area contributed by atoms with Crippen LogP contribution in [0.15, 0.2) is 36.4 Å². The molecule has 0 atom stereocenters. The zero-order valence-corrected chi connectivity index (χ0v) is 12.4. The van der Waals surface area contributed by atoms with Gasteiger partial charge in [0.2, 0.25) is 0 Å². The maximum absolute atomic E-state index is 11.9. The smallest absolute Gasteiger partial charge is 0.357 e. The van der Waals surface area contributed by atoms with Crippen LogP contribution >= 0.6 is 0 Å². The fourth-order valence-electron chi connectivity index (χ4n) is 2.38. The lowest BCUT2D eigenvalue weighted by atomic mass is 10.2. The van der Waals surface area contributed by atoms with Crippen LogP contribution in [0.5, 0.6) is 0 Å². The highest BCUT2D eigenvalue weighted by Gasteiger charge is 2.18. The minimum atomic E-state index is -0.491. The summed E-state index contributed by atoms with van der Waals surface area (Å²) in [5.74, 6) is -0.491. The number of rotatable bonds is 3. The second kappa shape index (κ2) is 5.48. The molecule has 2 aromatic heterocycles. The van der Waals surface area contributed by atoms with Crippen molar-refractivity contribution in [2.24, 2.45) is 0 Å². The van der Waals surface area contributed by atoms with Gasteiger partial charge < -0.3 is 10.5 Å². The maximum Gasteiger partial charge on any atom is 0.357 e. The van der Waals surface area contributed by atoms with Gasteiger partial charge in [-0.3, -0.25) is 0 Å². The molecule has 0 aliphatic carbocycles. The predicted molar refractivity (Wildman–Crippen MR) is 84.0 cm³/mol. The van der Waals surface area contributed by atoms with Crippen molar-refractivity contribution in [2.45, 2.75) is 13.8 Å². The van der Waals surface area contributed by atoms with E-state index in [0.717, 1.165) is 16.8 Å². The quantitative estimate of drug-likeness (QED) is 0.751. The van der Waals surface area contributed by atoms with Crippen LogP contribution in [0, 0.1) is 6.92 Å². The van der Waals surface area contributed by atoms with Gasteiger partial charge in [-0.25, -0.2) is 14.5 Å². The Morgan fingerprint density at radius 3 is 2.73 bits per heavy atom. The summed E-state index contributed by atoms with van der Waals surface area (Å²) in [7, 11) is 0.